The first kappa shape index (κ1) is 27.3. The Morgan fingerprint density at radius 2 is 1.68 bits per heavy atom. The van der Waals surface area contributed by atoms with E-state index in [-0.39, 0.29) is 10.6 Å². The minimum atomic E-state index is -4.10. The van der Waals surface area contributed by atoms with Gasteiger partial charge < -0.3 is 19.5 Å². The molecule has 3 aromatic carbocycles. The van der Waals surface area contributed by atoms with Crippen molar-refractivity contribution in [3.8, 4) is 17.2 Å². The molecule has 1 amide bonds. The number of rotatable bonds is 8. The average Bonchev–Trinajstić information content (AvgIpc) is 2.86. The van der Waals surface area contributed by atoms with Gasteiger partial charge in [0.25, 0.3) is 10.0 Å². The summed E-state index contributed by atoms with van der Waals surface area (Å²) in [5.74, 6) is 1.18. The highest BCUT2D eigenvalue weighted by Crippen LogP contribution is 2.41. The van der Waals surface area contributed by atoms with Crippen LogP contribution in [0.1, 0.15) is 43.0 Å². The van der Waals surface area contributed by atoms with Crippen LogP contribution in [0.3, 0.4) is 0 Å². The summed E-state index contributed by atoms with van der Waals surface area (Å²) in [4.78, 5) is 13.6. The van der Waals surface area contributed by atoms with E-state index < -0.39 is 34.1 Å². The van der Waals surface area contributed by atoms with Crippen LogP contribution in [0.2, 0.25) is 0 Å². The summed E-state index contributed by atoms with van der Waals surface area (Å²) < 4.78 is 45.9. The molecule has 1 heterocycles. The second-order valence-electron chi connectivity index (χ2n) is 10.1. The van der Waals surface area contributed by atoms with Gasteiger partial charge in [-0.2, -0.15) is 0 Å². The van der Waals surface area contributed by atoms with Crippen molar-refractivity contribution in [3.05, 3.63) is 77.4 Å². The number of nitrogens with zero attached hydrogens (tertiary/aromatic N) is 1. The largest absolute Gasteiger partial charge is 0.497 e. The Balaban J connectivity index is 1.71. The lowest BCUT2D eigenvalue weighted by Crippen LogP contribution is -2.45. The molecule has 1 atom stereocenters. The highest BCUT2D eigenvalue weighted by Gasteiger charge is 2.36. The van der Waals surface area contributed by atoms with Gasteiger partial charge in [-0.15, -0.1) is 0 Å². The van der Waals surface area contributed by atoms with Crippen molar-refractivity contribution in [2.45, 2.75) is 50.7 Å². The third kappa shape index (κ3) is 5.72. The Labute approximate surface area is 224 Å². The van der Waals surface area contributed by atoms with Crippen LogP contribution < -0.4 is 23.8 Å². The fourth-order valence-electron chi connectivity index (χ4n) is 4.59. The molecule has 0 bridgehead atoms. The summed E-state index contributed by atoms with van der Waals surface area (Å²) in [6, 6.07) is 16.8. The van der Waals surface area contributed by atoms with E-state index in [0.717, 1.165) is 21.0 Å². The molecule has 0 spiro atoms. The molecule has 3 aromatic rings. The third-order valence-corrected chi connectivity index (χ3v) is 8.28. The standard InChI is InChI=1S/C29H34N2O6S/c1-19-7-11-22(12-8-19)38(33,34)31(25-15-20(2)9-13-27(25)36-6)18-28(32)30-24-17-29(3,4)37-26-14-10-21(35-5)16-23(24)26/h7-16,24H,17-18H2,1-6H3,(H,30,32). The summed E-state index contributed by atoms with van der Waals surface area (Å²) in [5, 5.41) is 3.05. The van der Waals surface area contributed by atoms with Crippen molar-refractivity contribution in [2.24, 2.45) is 0 Å². The zero-order valence-electron chi connectivity index (χ0n) is 22.6. The van der Waals surface area contributed by atoms with E-state index >= 15 is 0 Å². The van der Waals surface area contributed by atoms with Gasteiger partial charge in [0.2, 0.25) is 5.91 Å². The maximum Gasteiger partial charge on any atom is 0.264 e. The molecule has 38 heavy (non-hydrogen) atoms. The minimum absolute atomic E-state index is 0.0849. The zero-order valence-corrected chi connectivity index (χ0v) is 23.4. The molecule has 1 N–H and O–H groups in total. The average molecular weight is 539 g/mol. The maximum atomic E-state index is 13.9. The van der Waals surface area contributed by atoms with Gasteiger partial charge in [-0.3, -0.25) is 9.10 Å². The summed E-state index contributed by atoms with van der Waals surface area (Å²) in [5.41, 5.74) is 2.29. The van der Waals surface area contributed by atoms with E-state index in [0.29, 0.717) is 23.7 Å². The van der Waals surface area contributed by atoms with Gasteiger partial charge in [0, 0.05) is 12.0 Å². The van der Waals surface area contributed by atoms with E-state index in [9.17, 15) is 13.2 Å². The number of amides is 1. The lowest BCUT2D eigenvalue weighted by Gasteiger charge is -2.38. The first-order valence-corrected chi connectivity index (χ1v) is 13.8. The van der Waals surface area contributed by atoms with E-state index in [1.807, 2.05) is 45.9 Å². The molecule has 0 saturated carbocycles. The van der Waals surface area contributed by atoms with E-state index in [2.05, 4.69) is 5.32 Å². The Morgan fingerprint density at radius 3 is 2.34 bits per heavy atom. The molecule has 0 saturated heterocycles. The highest BCUT2D eigenvalue weighted by molar-refractivity contribution is 7.92. The van der Waals surface area contributed by atoms with Gasteiger partial charge in [-0.25, -0.2) is 8.42 Å². The number of hydrogen-bond donors (Lipinski definition) is 1. The topological polar surface area (TPSA) is 94.2 Å². The van der Waals surface area contributed by atoms with Gasteiger partial charge in [0.1, 0.15) is 29.4 Å². The molecule has 1 aliphatic heterocycles. The first-order chi connectivity index (χ1) is 17.9. The van der Waals surface area contributed by atoms with Crippen molar-refractivity contribution >= 4 is 21.6 Å². The van der Waals surface area contributed by atoms with Crippen LogP contribution in [0.15, 0.2) is 65.6 Å². The SMILES string of the molecule is COc1ccc2c(c1)C(NC(=O)CN(c1cc(C)ccc1OC)S(=O)(=O)c1ccc(C)cc1)CC(C)(C)O2. The number of carbonyl (C=O) groups is 1. The number of methoxy groups -OCH3 is 2. The van der Waals surface area contributed by atoms with Crippen molar-refractivity contribution in [1.82, 2.24) is 5.32 Å². The molecular formula is C29H34N2O6S. The molecule has 202 valence electrons. The minimum Gasteiger partial charge on any atom is -0.497 e. The number of nitrogens with one attached hydrogen (secondary N) is 1. The van der Waals surface area contributed by atoms with Gasteiger partial charge >= 0.3 is 0 Å². The summed E-state index contributed by atoms with van der Waals surface area (Å²) in [6.45, 7) is 7.20. The zero-order chi connectivity index (χ0) is 27.7. The summed E-state index contributed by atoms with van der Waals surface area (Å²) >= 11 is 0. The normalized spacial score (nSPS) is 16.1. The van der Waals surface area contributed by atoms with Crippen LogP contribution >= 0.6 is 0 Å². The van der Waals surface area contributed by atoms with Gasteiger partial charge in [-0.1, -0.05) is 23.8 Å². The van der Waals surface area contributed by atoms with Crippen LogP contribution in [0.25, 0.3) is 0 Å². The van der Waals surface area contributed by atoms with Crippen LogP contribution in [0, 0.1) is 13.8 Å². The number of benzene rings is 3. The number of fused-ring (bicyclic) bond motifs is 1. The number of aryl methyl sites for hydroxylation is 2. The quantitative estimate of drug-likeness (QED) is 0.437. The monoisotopic (exact) mass is 538 g/mol. The fourth-order valence-corrected chi connectivity index (χ4v) is 6.01. The molecule has 0 aromatic heterocycles. The number of ether oxygens (including phenoxy) is 3. The van der Waals surface area contributed by atoms with Crippen molar-refractivity contribution in [1.29, 1.82) is 0 Å². The molecule has 1 aliphatic rings. The molecule has 0 radical (unpaired) electrons. The first-order valence-electron chi connectivity index (χ1n) is 12.3. The van der Waals surface area contributed by atoms with Crippen molar-refractivity contribution in [3.63, 3.8) is 0 Å². The van der Waals surface area contributed by atoms with E-state index in [1.54, 1.807) is 49.6 Å². The maximum absolute atomic E-state index is 13.9. The molecule has 1 unspecified atom stereocenters. The van der Waals surface area contributed by atoms with Crippen LogP contribution in [-0.2, 0) is 14.8 Å². The predicted octanol–water partition coefficient (Wildman–Crippen LogP) is 4.93. The smallest absolute Gasteiger partial charge is 0.264 e. The van der Waals surface area contributed by atoms with Gasteiger partial charge in [0.05, 0.1) is 30.8 Å². The molecule has 8 nitrogen and oxygen atoms in total. The number of anilines is 1. The number of hydrogen-bond acceptors (Lipinski definition) is 6. The number of carbonyl (C=O) groups excluding carboxylic acids is 1. The fraction of sp³-hybridized carbons (Fsp3) is 0.345. The van der Waals surface area contributed by atoms with Crippen LogP contribution in [-0.4, -0.2) is 40.7 Å². The predicted molar refractivity (Wildman–Crippen MR) is 147 cm³/mol. The van der Waals surface area contributed by atoms with Crippen molar-refractivity contribution < 1.29 is 27.4 Å². The summed E-state index contributed by atoms with van der Waals surface area (Å²) in [6.07, 6.45) is 0.497. The van der Waals surface area contributed by atoms with Gasteiger partial charge in [0.15, 0.2) is 0 Å². The molecule has 0 aliphatic carbocycles. The molecule has 9 heteroatoms. The Bertz CT molecular complexity index is 1430. The third-order valence-electron chi connectivity index (χ3n) is 6.51. The Kier molecular flexibility index (Phi) is 7.60. The molecular weight excluding hydrogens is 504 g/mol. The van der Waals surface area contributed by atoms with E-state index in [4.69, 9.17) is 14.2 Å². The highest BCUT2D eigenvalue weighted by atomic mass is 32.2. The Morgan fingerprint density at radius 1 is 1.00 bits per heavy atom. The van der Waals surface area contributed by atoms with Crippen LogP contribution in [0.5, 0.6) is 17.2 Å². The second kappa shape index (κ2) is 10.6. The molecule has 0 fully saturated rings. The second-order valence-corrected chi connectivity index (χ2v) is 12.0. The Hall–Kier alpha value is -3.72. The lowest BCUT2D eigenvalue weighted by molar-refractivity contribution is -0.120. The lowest BCUT2D eigenvalue weighted by atomic mass is 9.89. The number of sulfonamides is 1. The van der Waals surface area contributed by atoms with Crippen LogP contribution in [0.4, 0.5) is 5.69 Å². The summed E-state index contributed by atoms with van der Waals surface area (Å²) in [7, 11) is -1.06. The van der Waals surface area contributed by atoms with E-state index in [1.165, 1.54) is 7.11 Å². The van der Waals surface area contributed by atoms with Gasteiger partial charge in [-0.05, 0) is 75.7 Å². The van der Waals surface area contributed by atoms with Crippen molar-refractivity contribution in [2.75, 3.05) is 25.1 Å². The molecule has 4 rings (SSSR count).